The number of H-pyrrole nitrogens is 1. The van der Waals surface area contributed by atoms with Gasteiger partial charge in [-0.15, -0.1) is 0 Å². The third-order valence-corrected chi connectivity index (χ3v) is 2.91. The van der Waals surface area contributed by atoms with Crippen LogP contribution in [-0.2, 0) is 4.74 Å². The molecular formula is C15H16N2O6. The average molecular weight is 320 g/mol. The predicted octanol–water partition coefficient (Wildman–Crippen LogP) is 0.0736. The smallest absolute Gasteiger partial charge is 0.345 e. The Hall–Kier alpha value is -2.87. The van der Waals surface area contributed by atoms with Gasteiger partial charge < -0.3 is 14.6 Å². The second-order valence-electron chi connectivity index (χ2n) is 4.46. The van der Waals surface area contributed by atoms with Crippen molar-refractivity contribution in [2.45, 2.75) is 6.92 Å². The van der Waals surface area contributed by atoms with E-state index in [2.05, 4.69) is 4.98 Å². The minimum absolute atomic E-state index is 0.107. The summed E-state index contributed by atoms with van der Waals surface area (Å²) in [6.45, 7) is 1.79. The number of benzene rings is 1. The van der Waals surface area contributed by atoms with E-state index in [0.29, 0.717) is 11.4 Å². The van der Waals surface area contributed by atoms with E-state index in [9.17, 15) is 14.4 Å². The van der Waals surface area contributed by atoms with Gasteiger partial charge in [0.1, 0.15) is 17.9 Å². The number of hydrogen-bond acceptors (Lipinski definition) is 6. The van der Waals surface area contributed by atoms with Gasteiger partial charge in [-0.05, 0) is 31.2 Å². The van der Waals surface area contributed by atoms with Gasteiger partial charge in [0.2, 0.25) is 0 Å². The molecule has 1 aromatic carbocycles. The Morgan fingerprint density at radius 3 is 2.57 bits per heavy atom. The molecule has 0 radical (unpaired) electrons. The molecule has 23 heavy (non-hydrogen) atoms. The molecule has 2 rings (SSSR count). The first-order valence-corrected chi connectivity index (χ1v) is 6.94. The van der Waals surface area contributed by atoms with Crippen molar-refractivity contribution in [2.24, 2.45) is 0 Å². The molecule has 0 fully saturated rings. The number of carbonyl (C=O) groups excluding carboxylic acids is 1. The molecule has 0 bridgehead atoms. The zero-order chi connectivity index (χ0) is 16.8. The maximum atomic E-state index is 11.9. The Morgan fingerprint density at radius 2 is 1.96 bits per heavy atom. The fourth-order valence-corrected chi connectivity index (χ4v) is 1.88. The quantitative estimate of drug-likeness (QED) is 0.729. The summed E-state index contributed by atoms with van der Waals surface area (Å²) in [6, 6.07) is 6.38. The molecule has 0 aliphatic rings. The number of nitrogens with one attached hydrogen (secondary N) is 1. The van der Waals surface area contributed by atoms with Gasteiger partial charge in [0, 0.05) is 6.20 Å². The highest BCUT2D eigenvalue weighted by Crippen LogP contribution is 2.14. The number of aromatic amines is 1. The van der Waals surface area contributed by atoms with Gasteiger partial charge in [-0.1, -0.05) is 0 Å². The van der Waals surface area contributed by atoms with E-state index >= 15 is 0 Å². The van der Waals surface area contributed by atoms with Crippen LogP contribution in [0.4, 0.5) is 0 Å². The van der Waals surface area contributed by atoms with Crippen molar-refractivity contribution in [3.05, 3.63) is 56.9 Å². The van der Waals surface area contributed by atoms with Crippen LogP contribution < -0.4 is 16.0 Å². The molecule has 0 saturated carbocycles. The lowest BCUT2D eigenvalue weighted by molar-refractivity contribution is 0.0523. The van der Waals surface area contributed by atoms with Crippen molar-refractivity contribution in [2.75, 3.05) is 19.8 Å². The summed E-state index contributed by atoms with van der Waals surface area (Å²) in [5, 5.41) is 8.70. The van der Waals surface area contributed by atoms with E-state index in [1.54, 1.807) is 31.2 Å². The summed E-state index contributed by atoms with van der Waals surface area (Å²) in [6.07, 6.45) is 1.14. The summed E-state index contributed by atoms with van der Waals surface area (Å²) < 4.78 is 11.1. The van der Waals surface area contributed by atoms with Crippen LogP contribution in [-0.4, -0.2) is 40.4 Å². The number of nitrogens with zero attached hydrogens (tertiary/aromatic N) is 1. The van der Waals surface area contributed by atoms with E-state index in [1.807, 2.05) is 0 Å². The van der Waals surface area contributed by atoms with E-state index in [4.69, 9.17) is 14.6 Å². The van der Waals surface area contributed by atoms with Crippen molar-refractivity contribution < 1.29 is 19.4 Å². The van der Waals surface area contributed by atoms with Crippen LogP contribution in [0.2, 0.25) is 0 Å². The number of aliphatic hydroxyl groups is 1. The molecule has 2 N–H and O–H groups in total. The predicted molar refractivity (Wildman–Crippen MR) is 81.2 cm³/mol. The first-order chi connectivity index (χ1) is 11.1. The highest BCUT2D eigenvalue weighted by molar-refractivity contribution is 5.88. The second kappa shape index (κ2) is 7.41. The average Bonchev–Trinajstić information content (AvgIpc) is 2.54. The summed E-state index contributed by atoms with van der Waals surface area (Å²) in [4.78, 5) is 37.4. The molecule has 2 aromatic rings. The summed E-state index contributed by atoms with van der Waals surface area (Å²) in [7, 11) is 0. The zero-order valence-corrected chi connectivity index (χ0v) is 12.4. The van der Waals surface area contributed by atoms with Crippen LogP contribution in [0.3, 0.4) is 0 Å². The lowest BCUT2D eigenvalue weighted by Gasteiger charge is -2.09. The lowest BCUT2D eigenvalue weighted by atomic mass is 10.3. The van der Waals surface area contributed by atoms with Crippen LogP contribution >= 0.6 is 0 Å². The van der Waals surface area contributed by atoms with Gasteiger partial charge in [-0.2, -0.15) is 0 Å². The van der Waals surface area contributed by atoms with Crippen LogP contribution in [0.25, 0.3) is 5.69 Å². The standard InChI is InChI=1S/C15H16N2O6/c1-2-22-14(20)12-9-17(15(21)16-13(12)19)10-3-5-11(6-4-10)23-8-7-18/h3-6,9,18H,2,7-8H2,1H3,(H,16,19,21). The fraction of sp³-hybridized carbons (Fsp3) is 0.267. The first-order valence-electron chi connectivity index (χ1n) is 6.94. The molecule has 1 heterocycles. The van der Waals surface area contributed by atoms with E-state index in [-0.39, 0.29) is 25.4 Å². The molecule has 8 heteroatoms. The fourth-order valence-electron chi connectivity index (χ4n) is 1.88. The highest BCUT2D eigenvalue weighted by Gasteiger charge is 2.14. The molecule has 0 saturated heterocycles. The monoisotopic (exact) mass is 320 g/mol. The lowest BCUT2D eigenvalue weighted by Crippen LogP contribution is -2.33. The number of rotatable bonds is 6. The Morgan fingerprint density at radius 1 is 1.26 bits per heavy atom. The number of esters is 1. The Balaban J connectivity index is 2.39. The van der Waals surface area contributed by atoms with Gasteiger partial charge in [0.05, 0.1) is 18.9 Å². The van der Waals surface area contributed by atoms with Gasteiger partial charge in [0.25, 0.3) is 5.56 Å². The normalized spacial score (nSPS) is 10.3. The Kier molecular flexibility index (Phi) is 5.32. The van der Waals surface area contributed by atoms with Crippen molar-refractivity contribution in [3.63, 3.8) is 0 Å². The first kappa shape index (κ1) is 16.5. The van der Waals surface area contributed by atoms with Crippen molar-refractivity contribution >= 4 is 5.97 Å². The summed E-state index contributed by atoms with van der Waals surface area (Å²) >= 11 is 0. The zero-order valence-electron chi connectivity index (χ0n) is 12.4. The number of aromatic nitrogens is 2. The van der Waals surface area contributed by atoms with Gasteiger partial charge in [-0.25, -0.2) is 9.59 Å². The minimum Gasteiger partial charge on any atom is -0.491 e. The topological polar surface area (TPSA) is 111 Å². The van der Waals surface area contributed by atoms with Gasteiger partial charge >= 0.3 is 11.7 Å². The third kappa shape index (κ3) is 3.86. The van der Waals surface area contributed by atoms with Crippen molar-refractivity contribution in [1.82, 2.24) is 9.55 Å². The van der Waals surface area contributed by atoms with Crippen LogP contribution in [0, 0.1) is 0 Å². The van der Waals surface area contributed by atoms with Crippen molar-refractivity contribution in [1.29, 1.82) is 0 Å². The van der Waals surface area contributed by atoms with Crippen LogP contribution in [0.1, 0.15) is 17.3 Å². The van der Waals surface area contributed by atoms with Gasteiger partial charge in [0.15, 0.2) is 0 Å². The Labute approximate surface area is 130 Å². The molecular weight excluding hydrogens is 304 g/mol. The summed E-state index contributed by atoms with van der Waals surface area (Å²) in [5.74, 6) is -0.281. The van der Waals surface area contributed by atoms with Crippen molar-refractivity contribution in [3.8, 4) is 11.4 Å². The van der Waals surface area contributed by atoms with Crippen LogP contribution in [0.5, 0.6) is 5.75 Å². The van der Waals surface area contributed by atoms with E-state index < -0.39 is 17.2 Å². The Bertz CT molecular complexity index is 791. The summed E-state index contributed by atoms with van der Waals surface area (Å²) in [5.41, 5.74) is -1.29. The minimum atomic E-state index is -0.801. The molecule has 0 spiro atoms. The highest BCUT2D eigenvalue weighted by atomic mass is 16.5. The van der Waals surface area contributed by atoms with E-state index in [0.717, 1.165) is 10.8 Å². The molecule has 0 atom stereocenters. The number of hydrogen-bond donors (Lipinski definition) is 2. The number of ether oxygens (including phenoxy) is 2. The maximum Gasteiger partial charge on any atom is 0.345 e. The largest absolute Gasteiger partial charge is 0.491 e. The molecule has 0 amide bonds. The number of carbonyl (C=O) groups is 1. The maximum absolute atomic E-state index is 11.9. The number of aliphatic hydroxyl groups excluding tert-OH is 1. The third-order valence-electron chi connectivity index (χ3n) is 2.91. The van der Waals surface area contributed by atoms with Crippen LogP contribution in [0.15, 0.2) is 40.1 Å². The molecule has 8 nitrogen and oxygen atoms in total. The molecule has 0 aliphatic heterocycles. The van der Waals surface area contributed by atoms with Gasteiger partial charge in [-0.3, -0.25) is 14.3 Å². The SMILES string of the molecule is CCOC(=O)c1cn(-c2ccc(OCCO)cc2)c(=O)[nH]c1=O. The molecule has 0 aliphatic carbocycles. The molecule has 0 unspecified atom stereocenters. The van der Waals surface area contributed by atoms with E-state index in [1.165, 1.54) is 0 Å². The second-order valence-corrected chi connectivity index (χ2v) is 4.46. The molecule has 122 valence electrons. The molecule has 1 aromatic heterocycles.